The molecule has 0 bridgehead atoms. The molecule has 0 fully saturated rings. The van der Waals surface area contributed by atoms with Gasteiger partial charge in [-0.1, -0.05) is 6.07 Å². The third kappa shape index (κ3) is 2.61. The normalized spacial score (nSPS) is 10.8. The van der Waals surface area contributed by atoms with E-state index in [4.69, 9.17) is 0 Å². The molecule has 5 heteroatoms. The van der Waals surface area contributed by atoms with Gasteiger partial charge in [-0.05, 0) is 36.9 Å². The summed E-state index contributed by atoms with van der Waals surface area (Å²) < 4.78 is 53.4. The fraction of sp³-hybridized carbons (Fsp3) is 0.143. The molecule has 0 aromatic heterocycles. The predicted molar refractivity (Wildman–Crippen MR) is 64.5 cm³/mol. The maximum Gasteiger partial charge on any atom is 0.195 e. The molecule has 1 N–H and O–H groups in total. The molecule has 0 saturated heterocycles. The number of halogens is 4. The molecular formula is C14H11F4N. The van der Waals surface area contributed by atoms with E-state index in [9.17, 15) is 17.6 Å². The number of hydrogen-bond acceptors (Lipinski definition) is 1. The van der Waals surface area contributed by atoms with E-state index in [2.05, 4.69) is 5.32 Å². The second-order valence-electron chi connectivity index (χ2n) is 4.07. The van der Waals surface area contributed by atoms with E-state index >= 15 is 0 Å². The number of hydrogen-bond donors (Lipinski definition) is 1. The highest BCUT2D eigenvalue weighted by molar-refractivity contribution is 5.65. The van der Waals surface area contributed by atoms with Gasteiger partial charge < -0.3 is 5.32 Å². The van der Waals surface area contributed by atoms with Crippen molar-refractivity contribution in [2.24, 2.45) is 0 Å². The Morgan fingerprint density at radius 2 is 1.53 bits per heavy atom. The molecule has 0 aliphatic rings. The van der Waals surface area contributed by atoms with Crippen LogP contribution >= 0.6 is 0 Å². The van der Waals surface area contributed by atoms with E-state index in [0.717, 1.165) is 12.1 Å². The first-order valence-corrected chi connectivity index (χ1v) is 5.61. The van der Waals surface area contributed by atoms with Gasteiger partial charge >= 0.3 is 0 Å². The molecular weight excluding hydrogens is 258 g/mol. The molecule has 2 aromatic rings. The van der Waals surface area contributed by atoms with Crippen molar-refractivity contribution in [3.05, 3.63) is 59.2 Å². The molecule has 0 atom stereocenters. The van der Waals surface area contributed by atoms with Crippen LogP contribution in [0.2, 0.25) is 0 Å². The lowest BCUT2D eigenvalue weighted by atomic mass is 10.0. The van der Waals surface area contributed by atoms with Gasteiger partial charge in [-0.25, -0.2) is 17.6 Å². The highest BCUT2D eigenvalue weighted by Gasteiger charge is 2.17. The SMILES string of the molecule is CNCc1ccc(F)c(-c2ccc(F)c(F)c2F)c1. The first-order valence-electron chi connectivity index (χ1n) is 5.61. The van der Waals surface area contributed by atoms with Crippen molar-refractivity contribution in [2.75, 3.05) is 7.05 Å². The van der Waals surface area contributed by atoms with Gasteiger partial charge in [0.05, 0.1) is 0 Å². The molecule has 100 valence electrons. The lowest BCUT2D eigenvalue weighted by molar-refractivity contribution is 0.448. The maximum atomic E-state index is 13.7. The fourth-order valence-electron chi connectivity index (χ4n) is 1.83. The van der Waals surface area contributed by atoms with E-state index in [1.54, 1.807) is 7.05 Å². The second kappa shape index (κ2) is 5.40. The first-order chi connectivity index (χ1) is 9.04. The van der Waals surface area contributed by atoms with Gasteiger partial charge in [0, 0.05) is 17.7 Å². The molecule has 0 amide bonds. The minimum Gasteiger partial charge on any atom is -0.316 e. The summed E-state index contributed by atoms with van der Waals surface area (Å²) in [6.45, 7) is 0.457. The average molecular weight is 269 g/mol. The lowest BCUT2D eigenvalue weighted by Gasteiger charge is -2.09. The molecule has 0 unspecified atom stereocenters. The smallest absolute Gasteiger partial charge is 0.195 e. The monoisotopic (exact) mass is 269 g/mol. The minimum atomic E-state index is -1.60. The predicted octanol–water partition coefficient (Wildman–Crippen LogP) is 3.63. The van der Waals surface area contributed by atoms with Gasteiger partial charge in [-0.15, -0.1) is 0 Å². The molecule has 0 heterocycles. The number of rotatable bonds is 3. The Kier molecular flexibility index (Phi) is 3.85. The molecule has 0 aliphatic heterocycles. The Bertz CT molecular complexity index is 611. The van der Waals surface area contributed by atoms with Crippen LogP contribution in [0.4, 0.5) is 17.6 Å². The van der Waals surface area contributed by atoms with E-state index in [1.807, 2.05) is 0 Å². The molecule has 2 rings (SSSR count). The summed E-state index contributed by atoms with van der Waals surface area (Å²) in [5.41, 5.74) is 0.321. The van der Waals surface area contributed by atoms with E-state index in [-0.39, 0.29) is 11.1 Å². The summed E-state index contributed by atoms with van der Waals surface area (Å²) >= 11 is 0. The van der Waals surface area contributed by atoms with Gasteiger partial charge in [0.2, 0.25) is 0 Å². The van der Waals surface area contributed by atoms with Crippen molar-refractivity contribution < 1.29 is 17.6 Å². The Labute approximate surface area is 107 Å². The standard InChI is InChI=1S/C14H11F4N/c1-19-7-8-2-4-11(15)10(6-8)9-3-5-12(16)14(18)13(9)17/h2-6,19H,7H2,1H3. The Morgan fingerprint density at radius 3 is 2.21 bits per heavy atom. The molecule has 2 aromatic carbocycles. The van der Waals surface area contributed by atoms with Crippen LogP contribution in [0.3, 0.4) is 0 Å². The number of benzene rings is 2. The topological polar surface area (TPSA) is 12.0 Å². The first kappa shape index (κ1) is 13.5. The zero-order valence-corrected chi connectivity index (χ0v) is 10.1. The van der Waals surface area contributed by atoms with Crippen molar-refractivity contribution in [3.63, 3.8) is 0 Å². The van der Waals surface area contributed by atoms with Crippen LogP contribution in [-0.4, -0.2) is 7.05 Å². The molecule has 19 heavy (non-hydrogen) atoms. The molecule has 0 radical (unpaired) electrons. The van der Waals surface area contributed by atoms with Crippen molar-refractivity contribution in [1.29, 1.82) is 0 Å². The van der Waals surface area contributed by atoms with Crippen LogP contribution in [0, 0.1) is 23.3 Å². The highest BCUT2D eigenvalue weighted by atomic mass is 19.2. The van der Waals surface area contributed by atoms with E-state index in [0.29, 0.717) is 12.1 Å². The van der Waals surface area contributed by atoms with Crippen LogP contribution in [0.15, 0.2) is 30.3 Å². The average Bonchev–Trinajstić information content (AvgIpc) is 2.39. The van der Waals surface area contributed by atoms with Gasteiger partial charge in [-0.2, -0.15) is 0 Å². The third-order valence-electron chi connectivity index (χ3n) is 2.74. The van der Waals surface area contributed by atoms with E-state index < -0.39 is 23.3 Å². The Morgan fingerprint density at radius 1 is 0.842 bits per heavy atom. The second-order valence-corrected chi connectivity index (χ2v) is 4.07. The summed E-state index contributed by atoms with van der Waals surface area (Å²) in [4.78, 5) is 0. The van der Waals surface area contributed by atoms with Gasteiger partial charge in [0.25, 0.3) is 0 Å². The number of nitrogens with one attached hydrogen (secondary N) is 1. The zero-order valence-electron chi connectivity index (χ0n) is 10.1. The van der Waals surface area contributed by atoms with Crippen molar-refractivity contribution in [1.82, 2.24) is 5.32 Å². The summed E-state index contributed by atoms with van der Waals surface area (Å²) in [5, 5.41) is 2.87. The van der Waals surface area contributed by atoms with Crippen molar-refractivity contribution in [3.8, 4) is 11.1 Å². The van der Waals surface area contributed by atoms with Crippen LogP contribution in [0.25, 0.3) is 11.1 Å². The largest absolute Gasteiger partial charge is 0.316 e. The quantitative estimate of drug-likeness (QED) is 0.662. The Hall–Kier alpha value is -1.88. The van der Waals surface area contributed by atoms with Crippen molar-refractivity contribution in [2.45, 2.75) is 6.54 Å². The van der Waals surface area contributed by atoms with Crippen LogP contribution in [0.5, 0.6) is 0 Å². The van der Waals surface area contributed by atoms with Crippen LogP contribution < -0.4 is 5.32 Å². The fourth-order valence-corrected chi connectivity index (χ4v) is 1.83. The maximum absolute atomic E-state index is 13.7. The lowest BCUT2D eigenvalue weighted by Crippen LogP contribution is -2.05. The van der Waals surface area contributed by atoms with Crippen LogP contribution in [-0.2, 0) is 6.54 Å². The third-order valence-corrected chi connectivity index (χ3v) is 2.74. The van der Waals surface area contributed by atoms with E-state index in [1.165, 1.54) is 18.2 Å². The molecule has 0 spiro atoms. The summed E-state index contributed by atoms with van der Waals surface area (Å²) in [6.07, 6.45) is 0. The molecule has 0 aliphatic carbocycles. The van der Waals surface area contributed by atoms with Gasteiger partial charge in [0.15, 0.2) is 17.5 Å². The Balaban J connectivity index is 2.58. The molecule has 1 nitrogen and oxygen atoms in total. The van der Waals surface area contributed by atoms with Gasteiger partial charge in [0.1, 0.15) is 5.82 Å². The molecule has 0 saturated carbocycles. The summed E-state index contributed by atoms with van der Waals surface area (Å²) in [6, 6.07) is 5.91. The summed E-state index contributed by atoms with van der Waals surface area (Å²) in [5.74, 6) is -4.98. The van der Waals surface area contributed by atoms with Gasteiger partial charge in [-0.3, -0.25) is 0 Å². The minimum absolute atomic E-state index is 0.0934. The summed E-state index contributed by atoms with van der Waals surface area (Å²) in [7, 11) is 1.71. The highest BCUT2D eigenvalue weighted by Crippen LogP contribution is 2.28. The zero-order chi connectivity index (χ0) is 14.0. The van der Waals surface area contributed by atoms with Crippen LogP contribution in [0.1, 0.15) is 5.56 Å². The van der Waals surface area contributed by atoms with Crippen molar-refractivity contribution >= 4 is 0 Å².